The Bertz CT molecular complexity index is 223. The number of rotatable bonds is 2. The molecule has 0 amide bonds. The summed E-state index contributed by atoms with van der Waals surface area (Å²) in [7, 11) is -3.97. The van der Waals surface area contributed by atoms with E-state index in [-0.39, 0.29) is 0 Å². The van der Waals surface area contributed by atoms with Gasteiger partial charge in [0, 0.05) is 0 Å². The first-order valence-corrected chi connectivity index (χ1v) is 3.74. The minimum Gasteiger partial charge on any atom is -0.282 e. The van der Waals surface area contributed by atoms with Crippen LogP contribution in [0.2, 0.25) is 0 Å². The zero-order valence-electron chi connectivity index (χ0n) is 5.03. The summed E-state index contributed by atoms with van der Waals surface area (Å²) in [5, 5.41) is 0.736. The Morgan fingerprint density at radius 2 is 2.11 bits per heavy atom. The van der Waals surface area contributed by atoms with Crippen molar-refractivity contribution in [1.82, 2.24) is 0 Å². The van der Waals surface area contributed by atoms with Gasteiger partial charge in [-0.05, 0) is 12.5 Å². The highest BCUT2D eigenvalue weighted by atomic mass is 32.2. The van der Waals surface area contributed by atoms with Crippen LogP contribution >= 0.6 is 0 Å². The van der Waals surface area contributed by atoms with E-state index in [0.717, 1.165) is 5.41 Å². The molecule has 9 heavy (non-hydrogen) atoms. The molecule has 52 valence electrons. The Morgan fingerprint density at radius 1 is 1.67 bits per heavy atom. The first-order valence-electron chi connectivity index (χ1n) is 2.24. The smallest absolute Gasteiger partial charge is 0.282 e. The lowest BCUT2D eigenvalue weighted by atomic mass is 10.4. The molecule has 0 saturated heterocycles. The zero-order chi connectivity index (χ0) is 7.49. The third kappa shape index (κ3) is 5.26. The van der Waals surface area contributed by atoms with Crippen LogP contribution in [0.3, 0.4) is 0 Å². The van der Waals surface area contributed by atoms with Gasteiger partial charge < -0.3 is 0 Å². The van der Waals surface area contributed by atoms with Crippen molar-refractivity contribution in [2.45, 2.75) is 6.92 Å². The molecular weight excluding hydrogens is 140 g/mol. The van der Waals surface area contributed by atoms with E-state index >= 15 is 0 Å². The maximum Gasteiger partial charge on any atom is 0.287 e. The van der Waals surface area contributed by atoms with E-state index in [4.69, 9.17) is 4.55 Å². The van der Waals surface area contributed by atoms with Crippen LogP contribution in [0.1, 0.15) is 6.92 Å². The molecule has 0 aromatic carbocycles. The molecule has 0 aliphatic heterocycles. The van der Waals surface area contributed by atoms with Gasteiger partial charge in [0.2, 0.25) is 0 Å². The Morgan fingerprint density at radius 3 is 2.22 bits per heavy atom. The summed E-state index contributed by atoms with van der Waals surface area (Å²) in [6, 6.07) is 0. The molecule has 0 unspecified atom stereocenters. The van der Waals surface area contributed by atoms with Crippen molar-refractivity contribution < 1.29 is 13.0 Å². The van der Waals surface area contributed by atoms with Gasteiger partial charge in [0.05, 0.1) is 5.41 Å². The van der Waals surface area contributed by atoms with Crippen molar-refractivity contribution >= 4 is 10.1 Å². The van der Waals surface area contributed by atoms with Crippen molar-refractivity contribution in [1.29, 1.82) is 0 Å². The van der Waals surface area contributed by atoms with Gasteiger partial charge in [-0.1, -0.05) is 12.7 Å². The largest absolute Gasteiger partial charge is 0.287 e. The molecule has 0 heterocycles. The minimum absolute atomic E-state index is 0.414. The topological polar surface area (TPSA) is 54.4 Å². The van der Waals surface area contributed by atoms with Crippen LogP contribution in [0, 0.1) is 0 Å². The van der Waals surface area contributed by atoms with Gasteiger partial charge in [0.25, 0.3) is 10.1 Å². The van der Waals surface area contributed by atoms with Crippen LogP contribution in [0.15, 0.2) is 23.6 Å². The summed E-state index contributed by atoms with van der Waals surface area (Å²) < 4.78 is 28.2. The minimum atomic E-state index is -3.97. The molecule has 0 saturated carbocycles. The fourth-order valence-electron chi connectivity index (χ4n) is 0.283. The van der Waals surface area contributed by atoms with Gasteiger partial charge in [-0.2, -0.15) is 8.42 Å². The highest BCUT2D eigenvalue weighted by Crippen LogP contribution is 1.95. The lowest BCUT2D eigenvalue weighted by molar-refractivity contribution is 0.494. The van der Waals surface area contributed by atoms with E-state index in [0.29, 0.717) is 5.57 Å². The van der Waals surface area contributed by atoms with Crippen LogP contribution in [0.4, 0.5) is 0 Å². The molecule has 0 aliphatic carbocycles. The van der Waals surface area contributed by atoms with Crippen molar-refractivity contribution in [3.05, 3.63) is 23.6 Å². The summed E-state index contributed by atoms with van der Waals surface area (Å²) in [4.78, 5) is 0. The van der Waals surface area contributed by atoms with Crippen molar-refractivity contribution in [3.8, 4) is 0 Å². The quantitative estimate of drug-likeness (QED) is 0.469. The van der Waals surface area contributed by atoms with Gasteiger partial charge in [0.1, 0.15) is 0 Å². The Kier molecular flexibility index (Phi) is 2.61. The third-order valence-corrected chi connectivity index (χ3v) is 1.33. The van der Waals surface area contributed by atoms with E-state index in [1.807, 2.05) is 0 Å². The summed E-state index contributed by atoms with van der Waals surface area (Å²) in [6.45, 7) is 4.83. The molecule has 4 heteroatoms. The maximum atomic E-state index is 10.0. The molecule has 0 aromatic heterocycles. The van der Waals surface area contributed by atoms with Gasteiger partial charge in [0.15, 0.2) is 0 Å². The lowest BCUT2D eigenvalue weighted by Crippen LogP contribution is -1.90. The molecule has 3 nitrogen and oxygen atoms in total. The summed E-state index contributed by atoms with van der Waals surface area (Å²) in [5.41, 5.74) is 0.414. The molecule has 0 rings (SSSR count). The molecule has 0 bridgehead atoms. The summed E-state index contributed by atoms with van der Waals surface area (Å²) in [6.07, 6.45) is 1.34. The second kappa shape index (κ2) is 2.80. The highest BCUT2D eigenvalue weighted by molar-refractivity contribution is 7.88. The fraction of sp³-hybridized carbons (Fsp3) is 0.200. The van der Waals surface area contributed by atoms with Gasteiger partial charge in [-0.3, -0.25) is 4.55 Å². The average molecular weight is 148 g/mol. The standard InChI is InChI=1S/C5H8O3S/c1-3-5(2)4-9(6,7)8/h3-4H,1H2,2H3,(H,6,7,8)/b5-4+. The first kappa shape index (κ1) is 8.39. The summed E-state index contributed by atoms with van der Waals surface area (Å²) >= 11 is 0. The van der Waals surface area contributed by atoms with Crippen molar-refractivity contribution in [2.24, 2.45) is 0 Å². The molecule has 0 atom stereocenters. The molecule has 0 fully saturated rings. The van der Waals surface area contributed by atoms with E-state index < -0.39 is 10.1 Å². The fourth-order valence-corrected chi connectivity index (χ4v) is 0.849. The second-order valence-electron chi connectivity index (χ2n) is 1.58. The number of allylic oxidation sites excluding steroid dienone is 2. The van der Waals surface area contributed by atoms with Crippen molar-refractivity contribution in [2.75, 3.05) is 0 Å². The van der Waals surface area contributed by atoms with Gasteiger partial charge in [-0.15, -0.1) is 0 Å². The van der Waals surface area contributed by atoms with Crippen LogP contribution in [-0.4, -0.2) is 13.0 Å². The Labute approximate surface area is 54.4 Å². The predicted octanol–water partition coefficient (Wildman–Crippen LogP) is 0.964. The normalized spacial score (nSPS) is 13.3. The van der Waals surface area contributed by atoms with Crippen LogP contribution in [-0.2, 0) is 10.1 Å². The average Bonchev–Trinajstić information content (AvgIpc) is 1.62. The van der Waals surface area contributed by atoms with Gasteiger partial charge in [-0.25, -0.2) is 0 Å². The Hall–Kier alpha value is -0.610. The van der Waals surface area contributed by atoms with E-state index in [9.17, 15) is 8.42 Å². The second-order valence-corrected chi connectivity index (χ2v) is 2.85. The predicted molar refractivity (Wildman–Crippen MR) is 35.5 cm³/mol. The van der Waals surface area contributed by atoms with Crippen LogP contribution in [0.25, 0.3) is 0 Å². The monoisotopic (exact) mass is 148 g/mol. The summed E-state index contributed by atoms with van der Waals surface area (Å²) in [5.74, 6) is 0. The van der Waals surface area contributed by atoms with Gasteiger partial charge >= 0.3 is 0 Å². The van der Waals surface area contributed by atoms with E-state index in [1.165, 1.54) is 13.0 Å². The molecular formula is C5H8O3S. The number of hydrogen-bond acceptors (Lipinski definition) is 2. The van der Waals surface area contributed by atoms with Crippen LogP contribution in [0.5, 0.6) is 0 Å². The van der Waals surface area contributed by atoms with E-state index in [1.54, 1.807) is 0 Å². The third-order valence-electron chi connectivity index (χ3n) is 0.657. The SMILES string of the molecule is C=C/C(C)=C/S(=O)(=O)O. The van der Waals surface area contributed by atoms with E-state index in [2.05, 4.69) is 6.58 Å². The lowest BCUT2D eigenvalue weighted by Gasteiger charge is -1.86. The zero-order valence-corrected chi connectivity index (χ0v) is 5.85. The maximum absolute atomic E-state index is 10.0. The Balaban J connectivity index is 4.51. The molecule has 0 spiro atoms. The molecule has 0 aromatic rings. The van der Waals surface area contributed by atoms with Crippen LogP contribution < -0.4 is 0 Å². The molecule has 1 N–H and O–H groups in total. The number of hydrogen-bond donors (Lipinski definition) is 1. The first-order chi connectivity index (χ1) is 3.95. The molecule has 0 aliphatic rings. The highest BCUT2D eigenvalue weighted by Gasteiger charge is 1.95. The van der Waals surface area contributed by atoms with Crippen molar-refractivity contribution in [3.63, 3.8) is 0 Å². The molecule has 0 radical (unpaired) electrons.